The highest BCUT2D eigenvalue weighted by atomic mass is 19.3. The zero-order chi connectivity index (χ0) is 10.6. The van der Waals surface area contributed by atoms with Gasteiger partial charge in [-0.05, 0) is 32.4 Å². The van der Waals surface area contributed by atoms with Gasteiger partial charge in [0, 0.05) is 6.54 Å². The summed E-state index contributed by atoms with van der Waals surface area (Å²) in [6, 6.07) is 0. The van der Waals surface area contributed by atoms with Crippen LogP contribution in [0.15, 0.2) is 0 Å². The molecule has 84 valence electrons. The summed E-state index contributed by atoms with van der Waals surface area (Å²) < 4.78 is 26.5. The molecule has 1 saturated carbocycles. The Morgan fingerprint density at radius 1 is 1.43 bits per heavy atom. The van der Waals surface area contributed by atoms with Crippen molar-refractivity contribution >= 4 is 0 Å². The molecule has 0 radical (unpaired) electrons. The lowest BCUT2D eigenvalue weighted by molar-refractivity contribution is -0.0289. The molecule has 1 aliphatic carbocycles. The lowest BCUT2D eigenvalue weighted by Crippen LogP contribution is -2.43. The number of nitrogens with one attached hydrogen (secondary N) is 1. The van der Waals surface area contributed by atoms with Crippen molar-refractivity contribution < 1.29 is 8.78 Å². The summed E-state index contributed by atoms with van der Waals surface area (Å²) >= 11 is 0. The summed E-state index contributed by atoms with van der Waals surface area (Å²) in [5.74, 6) is -1.92. The van der Waals surface area contributed by atoms with E-state index in [-0.39, 0.29) is 13.1 Å². The van der Waals surface area contributed by atoms with Crippen molar-refractivity contribution in [2.45, 2.75) is 25.7 Å². The lowest BCUT2D eigenvalue weighted by Gasteiger charge is -2.25. The average Bonchev–Trinajstić information content (AvgIpc) is 2.86. The zero-order valence-electron chi connectivity index (χ0n) is 9.02. The first-order valence-electron chi connectivity index (χ1n) is 5.32. The van der Waals surface area contributed by atoms with Gasteiger partial charge < -0.3 is 5.32 Å². The van der Waals surface area contributed by atoms with Gasteiger partial charge in [-0.1, -0.05) is 6.92 Å². The van der Waals surface area contributed by atoms with E-state index in [9.17, 15) is 8.78 Å². The Balaban J connectivity index is 2.29. The van der Waals surface area contributed by atoms with Crippen LogP contribution in [0.25, 0.3) is 0 Å². The third-order valence-corrected chi connectivity index (χ3v) is 2.55. The highest BCUT2D eigenvalue weighted by Gasteiger charge is 2.32. The highest BCUT2D eigenvalue weighted by molar-refractivity contribution is 4.80. The van der Waals surface area contributed by atoms with Crippen LogP contribution in [-0.2, 0) is 0 Å². The van der Waals surface area contributed by atoms with Crippen LogP contribution in [-0.4, -0.2) is 44.0 Å². The summed E-state index contributed by atoms with van der Waals surface area (Å²) in [7, 11) is 1.56. The van der Waals surface area contributed by atoms with Gasteiger partial charge in [0.25, 0.3) is 5.92 Å². The maximum Gasteiger partial charge on any atom is 0.272 e. The Bertz CT molecular complexity index is 170. The van der Waals surface area contributed by atoms with Gasteiger partial charge in [0.2, 0.25) is 0 Å². The highest BCUT2D eigenvalue weighted by Crippen LogP contribution is 2.30. The molecule has 0 unspecified atom stereocenters. The van der Waals surface area contributed by atoms with Gasteiger partial charge in [-0.2, -0.15) is 0 Å². The molecule has 0 spiro atoms. The minimum Gasteiger partial charge on any atom is -0.314 e. The topological polar surface area (TPSA) is 15.3 Å². The second kappa shape index (κ2) is 5.03. The predicted molar refractivity (Wildman–Crippen MR) is 53.7 cm³/mol. The van der Waals surface area contributed by atoms with E-state index in [2.05, 4.69) is 5.32 Å². The van der Waals surface area contributed by atoms with E-state index in [1.807, 2.05) is 11.8 Å². The summed E-state index contributed by atoms with van der Waals surface area (Å²) in [5, 5.41) is 2.53. The fraction of sp³-hybridized carbons (Fsp3) is 1.00. The minimum absolute atomic E-state index is 0.110. The predicted octanol–water partition coefficient (Wildman–Crippen LogP) is 1.57. The van der Waals surface area contributed by atoms with E-state index < -0.39 is 5.92 Å². The standard InChI is InChI=1S/C10H20F2N2/c1-3-14(6-9-4-5-9)8-10(11,12)7-13-2/h9,13H,3-8H2,1-2H3. The van der Waals surface area contributed by atoms with E-state index >= 15 is 0 Å². The van der Waals surface area contributed by atoms with Crippen molar-refractivity contribution in [2.24, 2.45) is 5.92 Å². The smallest absolute Gasteiger partial charge is 0.272 e. The number of hydrogen-bond donors (Lipinski definition) is 1. The van der Waals surface area contributed by atoms with Crippen LogP contribution in [0.5, 0.6) is 0 Å². The molecule has 0 amide bonds. The first kappa shape index (κ1) is 11.9. The Hall–Kier alpha value is -0.220. The van der Waals surface area contributed by atoms with Gasteiger partial charge in [-0.15, -0.1) is 0 Å². The van der Waals surface area contributed by atoms with Crippen LogP contribution < -0.4 is 5.32 Å². The lowest BCUT2D eigenvalue weighted by atomic mass is 10.2. The van der Waals surface area contributed by atoms with Crippen LogP contribution in [0.3, 0.4) is 0 Å². The van der Waals surface area contributed by atoms with Crippen molar-refractivity contribution in [1.29, 1.82) is 0 Å². The van der Waals surface area contributed by atoms with Crippen molar-refractivity contribution in [3.8, 4) is 0 Å². The summed E-state index contributed by atoms with van der Waals surface area (Å²) in [4.78, 5) is 1.86. The monoisotopic (exact) mass is 206 g/mol. The molecule has 2 nitrogen and oxygen atoms in total. The molecule has 4 heteroatoms. The Labute approximate surface area is 84.7 Å². The molecule has 0 bridgehead atoms. The molecule has 1 rings (SSSR count). The molecule has 0 heterocycles. The largest absolute Gasteiger partial charge is 0.314 e. The second-order valence-electron chi connectivity index (χ2n) is 4.16. The SMILES string of the molecule is CCN(CC1CC1)CC(F)(F)CNC. The third kappa shape index (κ3) is 4.33. The van der Waals surface area contributed by atoms with E-state index in [4.69, 9.17) is 0 Å². The number of halogens is 2. The van der Waals surface area contributed by atoms with Gasteiger partial charge >= 0.3 is 0 Å². The summed E-state index contributed by atoms with van der Waals surface area (Å²) in [5.41, 5.74) is 0. The summed E-state index contributed by atoms with van der Waals surface area (Å²) in [6.07, 6.45) is 2.43. The van der Waals surface area contributed by atoms with Gasteiger partial charge in [-0.3, -0.25) is 4.90 Å². The fourth-order valence-corrected chi connectivity index (χ4v) is 1.61. The van der Waals surface area contributed by atoms with Gasteiger partial charge in [0.15, 0.2) is 0 Å². The molecule has 0 aromatic rings. The molecule has 14 heavy (non-hydrogen) atoms. The van der Waals surface area contributed by atoms with Crippen LogP contribution in [0.1, 0.15) is 19.8 Å². The van der Waals surface area contributed by atoms with E-state index in [0.717, 1.165) is 13.1 Å². The zero-order valence-corrected chi connectivity index (χ0v) is 9.02. The minimum atomic E-state index is -2.60. The average molecular weight is 206 g/mol. The normalized spacial score (nSPS) is 17.8. The number of alkyl halides is 2. The number of hydrogen-bond acceptors (Lipinski definition) is 2. The quantitative estimate of drug-likeness (QED) is 0.680. The Morgan fingerprint density at radius 3 is 2.50 bits per heavy atom. The summed E-state index contributed by atoms with van der Waals surface area (Å²) in [6.45, 7) is 3.17. The van der Waals surface area contributed by atoms with E-state index in [0.29, 0.717) is 5.92 Å². The molecule has 0 aliphatic heterocycles. The molecule has 1 fully saturated rings. The third-order valence-electron chi connectivity index (χ3n) is 2.55. The molecule has 0 aromatic heterocycles. The molecular formula is C10H20F2N2. The van der Waals surface area contributed by atoms with Crippen molar-refractivity contribution in [3.63, 3.8) is 0 Å². The molecule has 0 saturated heterocycles. The second-order valence-corrected chi connectivity index (χ2v) is 4.16. The molecule has 0 aromatic carbocycles. The van der Waals surface area contributed by atoms with E-state index in [1.165, 1.54) is 12.8 Å². The number of rotatable bonds is 7. The van der Waals surface area contributed by atoms with Crippen LogP contribution in [0.4, 0.5) is 8.78 Å². The maximum absolute atomic E-state index is 13.2. The van der Waals surface area contributed by atoms with Gasteiger partial charge in [0.1, 0.15) is 0 Å². The van der Waals surface area contributed by atoms with E-state index in [1.54, 1.807) is 7.05 Å². The van der Waals surface area contributed by atoms with Crippen LogP contribution in [0.2, 0.25) is 0 Å². The first-order chi connectivity index (χ1) is 6.57. The molecular weight excluding hydrogens is 186 g/mol. The van der Waals surface area contributed by atoms with Crippen LogP contribution in [0, 0.1) is 5.92 Å². The fourth-order valence-electron chi connectivity index (χ4n) is 1.61. The maximum atomic E-state index is 13.2. The van der Waals surface area contributed by atoms with Crippen molar-refractivity contribution in [1.82, 2.24) is 10.2 Å². The Morgan fingerprint density at radius 2 is 2.07 bits per heavy atom. The first-order valence-corrected chi connectivity index (χ1v) is 5.32. The molecule has 1 aliphatic rings. The Kier molecular flexibility index (Phi) is 4.26. The van der Waals surface area contributed by atoms with Crippen molar-refractivity contribution in [3.05, 3.63) is 0 Å². The number of nitrogens with zero attached hydrogens (tertiary/aromatic N) is 1. The van der Waals surface area contributed by atoms with Crippen molar-refractivity contribution in [2.75, 3.05) is 33.2 Å². The van der Waals surface area contributed by atoms with Gasteiger partial charge in [0.05, 0.1) is 13.1 Å². The van der Waals surface area contributed by atoms with Gasteiger partial charge in [-0.25, -0.2) is 8.78 Å². The molecule has 1 N–H and O–H groups in total. The van der Waals surface area contributed by atoms with Crippen LogP contribution >= 0.6 is 0 Å². The molecule has 0 atom stereocenters.